The van der Waals surface area contributed by atoms with Gasteiger partial charge in [0.05, 0.1) is 11.7 Å². The summed E-state index contributed by atoms with van der Waals surface area (Å²) in [6.45, 7) is 8.30. The zero-order valence-electron chi connectivity index (χ0n) is 10.9. The molecule has 17 heavy (non-hydrogen) atoms. The van der Waals surface area contributed by atoms with Gasteiger partial charge in [-0.15, -0.1) is 0 Å². The van der Waals surface area contributed by atoms with Crippen molar-refractivity contribution in [2.45, 2.75) is 38.4 Å². The number of fused-ring (bicyclic) bond motifs is 1. The molecule has 4 heteroatoms. The maximum atomic E-state index is 10.3. The highest BCUT2D eigenvalue weighted by Gasteiger charge is 2.37. The predicted molar refractivity (Wildman–Crippen MR) is 73.5 cm³/mol. The van der Waals surface area contributed by atoms with Crippen molar-refractivity contribution >= 4 is 19.2 Å². The molecule has 3 nitrogen and oxygen atoms in total. The maximum Gasteiger partial charge on any atom is 0.188 e. The lowest BCUT2D eigenvalue weighted by Crippen LogP contribution is -2.40. The minimum Gasteiger partial charge on any atom is -0.432 e. The smallest absolute Gasteiger partial charge is 0.188 e. The second-order valence-electron chi connectivity index (χ2n) is 5.91. The molecule has 1 heterocycles. The number of aromatic nitrogens is 2. The molecular weight excluding hydrogens is 228 g/mol. The molecule has 0 unspecified atom stereocenters. The van der Waals surface area contributed by atoms with Crippen molar-refractivity contribution in [2.24, 2.45) is 0 Å². The fourth-order valence-corrected chi connectivity index (χ4v) is 2.46. The van der Waals surface area contributed by atoms with Crippen molar-refractivity contribution in [1.82, 2.24) is 10.2 Å². The van der Waals surface area contributed by atoms with Crippen LogP contribution >= 0.6 is 0 Å². The first kappa shape index (κ1) is 12.3. The van der Waals surface area contributed by atoms with Crippen LogP contribution in [0.2, 0.25) is 18.1 Å². The average Bonchev–Trinajstić information content (AvgIpc) is 2.62. The molecule has 0 fully saturated rings. The summed E-state index contributed by atoms with van der Waals surface area (Å²) in [5.41, 5.74) is 2.32. The van der Waals surface area contributed by atoms with E-state index in [0.717, 1.165) is 17.3 Å². The first-order valence-electron chi connectivity index (χ1n) is 5.94. The molecule has 0 atom stereocenters. The Morgan fingerprint density at radius 1 is 1.35 bits per heavy atom. The van der Waals surface area contributed by atoms with Crippen LogP contribution < -0.4 is 0 Å². The number of nitrogens with zero attached hydrogens (tertiary/aromatic N) is 1. The van der Waals surface area contributed by atoms with Crippen molar-refractivity contribution in [3.8, 4) is 0 Å². The Morgan fingerprint density at radius 3 is 2.71 bits per heavy atom. The van der Waals surface area contributed by atoms with Crippen LogP contribution in [0.15, 0.2) is 24.4 Å². The van der Waals surface area contributed by atoms with E-state index in [0.29, 0.717) is 0 Å². The van der Waals surface area contributed by atoms with E-state index in [-0.39, 0.29) is 5.04 Å². The topological polar surface area (TPSA) is 48.9 Å². The molecular formula is C13H20N2OSi. The van der Waals surface area contributed by atoms with Gasteiger partial charge in [0.15, 0.2) is 8.32 Å². The number of rotatable bonds is 3. The first-order chi connectivity index (χ1) is 7.79. The third kappa shape index (κ3) is 2.42. The van der Waals surface area contributed by atoms with Gasteiger partial charge >= 0.3 is 0 Å². The van der Waals surface area contributed by atoms with E-state index in [2.05, 4.69) is 42.2 Å². The molecule has 2 rings (SSSR count). The molecule has 2 N–H and O–H groups in total. The van der Waals surface area contributed by atoms with Crippen LogP contribution in [-0.4, -0.2) is 23.3 Å². The van der Waals surface area contributed by atoms with Crippen molar-refractivity contribution < 1.29 is 4.80 Å². The SMILES string of the molecule is CC(C)(Cc1ccc2cn[nH]c2c1)[Si](C)(C)O. The second-order valence-corrected chi connectivity index (χ2v) is 10.4. The number of hydrogen-bond donors (Lipinski definition) is 2. The minimum atomic E-state index is -2.14. The standard InChI is InChI=1S/C13H20N2OSi/c1-13(2,17(3,4)16)8-10-5-6-11-9-14-15-12(11)7-10/h5-7,9,16H,8H2,1-4H3,(H,14,15). The number of H-pyrrole nitrogens is 1. The highest BCUT2D eigenvalue weighted by molar-refractivity contribution is 6.72. The predicted octanol–water partition coefficient (Wildman–Crippen LogP) is 3.08. The van der Waals surface area contributed by atoms with Crippen molar-refractivity contribution in [2.75, 3.05) is 0 Å². The van der Waals surface area contributed by atoms with Crippen LogP contribution in [-0.2, 0) is 6.42 Å². The van der Waals surface area contributed by atoms with Crippen LogP contribution in [0.1, 0.15) is 19.4 Å². The molecule has 92 valence electrons. The van der Waals surface area contributed by atoms with Gasteiger partial charge in [-0.1, -0.05) is 26.0 Å². The van der Waals surface area contributed by atoms with Gasteiger partial charge in [-0.25, -0.2) is 0 Å². The van der Waals surface area contributed by atoms with Crippen LogP contribution in [0.25, 0.3) is 10.9 Å². The van der Waals surface area contributed by atoms with Gasteiger partial charge < -0.3 is 4.80 Å². The van der Waals surface area contributed by atoms with Gasteiger partial charge in [0.2, 0.25) is 0 Å². The van der Waals surface area contributed by atoms with E-state index in [4.69, 9.17) is 0 Å². The first-order valence-corrected chi connectivity index (χ1v) is 8.89. The quantitative estimate of drug-likeness (QED) is 0.820. The number of hydrogen-bond acceptors (Lipinski definition) is 2. The molecule has 0 aliphatic rings. The third-order valence-corrected chi connectivity index (χ3v) is 7.30. The summed E-state index contributed by atoms with van der Waals surface area (Å²) in [6, 6.07) is 6.33. The Hall–Kier alpha value is -1.13. The normalized spacial score (nSPS) is 13.2. The van der Waals surface area contributed by atoms with Gasteiger partial charge in [0.1, 0.15) is 0 Å². The van der Waals surface area contributed by atoms with Crippen LogP contribution in [0.5, 0.6) is 0 Å². The van der Waals surface area contributed by atoms with E-state index in [1.165, 1.54) is 5.56 Å². The maximum absolute atomic E-state index is 10.3. The zero-order valence-corrected chi connectivity index (χ0v) is 11.9. The van der Waals surface area contributed by atoms with Gasteiger partial charge in [0.25, 0.3) is 0 Å². The van der Waals surface area contributed by atoms with Crippen molar-refractivity contribution in [3.05, 3.63) is 30.0 Å². The summed E-state index contributed by atoms with van der Waals surface area (Å²) < 4.78 is 0. The summed E-state index contributed by atoms with van der Waals surface area (Å²) in [4.78, 5) is 10.3. The fraction of sp³-hybridized carbons (Fsp3) is 0.462. The Balaban J connectivity index is 2.29. The lowest BCUT2D eigenvalue weighted by Gasteiger charge is -2.35. The van der Waals surface area contributed by atoms with Gasteiger partial charge in [-0.3, -0.25) is 5.10 Å². The Labute approximate surface area is 103 Å². The van der Waals surface area contributed by atoms with Crippen LogP contribution in [0.3, 0.4) is 0 Å². The van der Waals surface area contributed by atoms with E-state index in [1.54, 1.807) is 0 Å². The molecule has 0 saturated carbocycles. The molecule has 0 bridgehead atoms. The lowest BCUT2D eigenvalue weighted by molar-refractivity contribution is 0.467. The van der Waals surface area contributed by atoms with Crippen LogP contribution in [0.4, 0.5) is 0 Å². The molecule has 2 aromatic rings. The number of aromatic amines is 1. The lowest BCUT2D eigenvalue weighted by atomic mass is 10.0. The monoisotopic (exact) mass is 248 g/mol. The van der Waals surface area contributed by atoms with E-state index < -0.39 is 8.32 Å². The van der Waals surface area contributed by atoms with Gasteiger partial charge in [0, 0.05) is 5.39 Å². The molecule has 1 aromatic carbocycles. The number of benzene rings is 1. The zero-order chi connectivity index (χ0) is 12.7. The summed E-state index contributed by atoms with van der Waals surface area (Å²) in [5.74, 6) is 0. The second kappa shape index (κ2) is 3.96. The van der Waals surface area contributed by atoms with Crippen molar-refractivity contribution in [1.29, 1.82) is 0 Å². The largest absolute Gasteiger partial charge is 0.432 e. The molecule has 0 amide bonds. The molecule has 1 aromatic heterocycles. The minimum absolute atomic E-state index is 0.0271. The van der Waals surface area contributed by atoms with E-state index in [1.807, 2.05) is 19.3 Å². The fourth-order valence-electron chi connectivity index (χ4n) is 1.82. The molecule has 0 saturated heterocycles. The van der Waals surface area contributed by atoms with Gasteiger partial charge in [-0.05, 0) is 36.2 Å². The highest BCUT2D eigenvalue weighted by atomic mass is 28.4. The molecule has 0 aliphatic carbocycles. The average molecular weight is 248 g/mol. The number of nitrogens with one attached hydrogen (secondary N) is 1. The van der Waals surface area contributed by atoms with Crippen molar-refractivity contribution in [3.63, 3.8) is 0 Å². The summed E-state index contributed by atoms with van der Waals surface area (Å²) >= 11 is 0. The van der Waals surface area contributed by atoms with E-state index >= 15 is 0 Å². The van der Waals surface area contributed by atoms with Crippen LogP contribution in [0, 0.1) is 0 Å². The highest BCUT2D eigenvalue weighted by Crippen LogP contribution is 2.38. The molecule has 0 aliphatic heterocycles. The van der Waals surface area contributed by atoms with Gasteiger partial charge in [-0.2, -0.15) is 5.10 Å². The molecule has 0 spiro atoms. The Kier molecular flexibility index (Phi) is 2.87. The Morgan fingerprint density at radius 2 is 2.06 bits per heavy atom. The van der Waals surface area contributed by atoms with E-state index in [9.17, 15) is 4.80 Å². The summed E-state index contributed by atoms with van der Waals surface area (Å²) in [5, 5.41) is 8.11. The third-order valence-electron chi connectivity index (χ3n) is 3.81. The summed E-state index contributed by atoms with van der Waals surface area (Å²) in [7, 11) is -2.14. The summed E-state index contributed by atoms with van der Waals surface area (Å²) in [6.07, 6.45) is 2.73. The molecule has 0 radical (unpaired) electrons. The Bertz CT molecular complexity index is 525.